The molecule has 0 aromatic heterocycles. The van der Waals surface area contributed by atoms with E-state index in [1.54, 1.807) is 0 Å². The van der Waals surface area contributed by atoms with Crippen molar-refractivity contribution >= 4 is 5.91 Å². The van der Waals surface area contributed by atoms with E-state index < -0.39 is 0 Å². The van der Waals surface area contributed by atoms with E-state index in [2.05, 4.69) is 10.2 Å². The van der Waals surface area contributed by atoms with Crippen LogP contribution in [0.5, 0.6) is 0 Å². The Labute approximate surface area is 97.7 Å². The minimum atomic E-state index is -0.0585. The average Bonchev–Trinajstić information content (AvgIpc) is 2.43. The summed E-state index contributed by atoms with van der Waals surface area (Å²) in [5, 5.41) is 3.19. The van der Waals surface area contributed by atoms with Crippen LogP contribution >= 0.6 is 0 Å². The zero-order valence-electron chi connectivity index (χ0n) is 10.7. The summed E-state index contributed by atoms with van der Waals surface area (Å²) in [5.41, 5.74) is 0. The number of hydrogen-bond acceptors (Lipinski definition) is 4. The highest BCUT2D eigenvalue weighted by Crippen LogP contribution is 2.09. The van der Waals surface area contributed by atoms with Crippen molar-refractivity contribution in [3.63, 3.8) is 0 Å². The molecule has 1 rings (SSSR count). The third-order valence-corrected chi connectivity index (χ3v) is 2.77. The quantitative estimate of drug-likeness (QED) is 0.637. The molecule has 1 fully saturated rings. The molecule has 2 atom stereocenters. The first kappa shape index (κ1) is 13.4. The fourth-order valence-electron chi connectivity index (χ4n) is 1.78. The molecular weight excluding hydrogens is 206 g/mol. The van der Waals surface area contributed by atoms with Crippen molar-refractivity contribution < 1.29 is 9.53 Å². The van der Waals surface area contributed by atoms with Crippen LogP contribution in [0.4, 0.5) is 0 Å². The highest BCUT2D eigenvalue weighted by atomic mass is 16.5. The molecule has 16 heavy (non-hydrogen) atoms. The second-order valence-electron chi connectivity index (χ2n) is 4.51. The van der Waals surface area contributed by atoms with E-state index in [1.165, 1.54) is 0 Å². The standard InChI is InChI=1S/C11H23N3O2/c1-9-11(15)14(10(2)12-9)6-8-16-7-5-13(3)4/h9-10,12H,5-8H2,1-4H3. The van der Waals surface area contributed by atoms with Crippen LogP contribution in [0.25, 0.3) is 0 Å². The van der Waals surface area contributed by atoms with Gasteiger partial charge < -0.3 is 14.5 Å². The topological polar surface area (TPSA) is 44.8 Å². The SMILES string of the molecule is CC1NC(C)N(CCOCCN(C)C)C1=O. The molecule has 5 heteroatoms. The van der Waals surface area contributed by atoms with Gasteiger partial charge in [-0.25, -0.2) is 0 Å². The Morgan fingerprint density at radius 1 is 1.38 bits per heavy atom. The van der Waals surface area contributed by atoms with Crippen LogP contribution in [0.1, 0.15) is 13.8 Å². The summed E-state index contributed by atoms with van der Waals surface area (Å²) in [6, 6.07) is -0.0585. The maximum absolute atomic E-state index is 11.7. The molecule has 0 saturated carbocycles. The maximum Gasteiger partial charge on any atom is 0.240 e. The summed E-state index contributed by atoms with van der Waals surface area (Å²) in [5.74, 6) is 0.170. The first-order chi connectivity index (χ1) is 7.52. The number of carbonyl (C=O) groups is 1. The maximum atomic E-state index is 11.7. The van der Waals surface area contributed by atoms with E-state index in [0.717, 1.165) is 6.54 Å². The molecule has 1 aliphatic heterocycles. The molecule has 0 bridgehead atoms. The van der Waals surface area contributed by atoms with Crippen LogP contribution in [-0.2, 0) is 9.53 Å². The number of amides is 1. The Morgan fingerprint density at radius 2 is 2.06 bits per heavy atom. The Bertz CT molecular complexity index is 233. The molecule has 1 N–H and O–H groups in total. The van der Waals surface area contributed by atoms with E-state index in [4.69, 9.17) is 4.74 Å². The summed E-state index contributed by atoms with van der Waals surface area (Å²) >= 11 is 0. The van der Waals surface area contributed by atoms with E-state index >= 15 is 0 Å². The lowest BCUT2D eigenvalue weighted by atomic mass is 10.3. The molecule has 2 unspecified atom stereocenters. The van der Waals surface area contributed by atoms with Gasteiger partial charge in [-0.1, -0.05) is 0 Å². The number of likely N-dealkylation sites (N-methyl/N-ethyl adjacent to an activating group) is 1. The van der Waals surface area contributed by atoms with Gasteiger partial charge in [0.1, 0.15) is 0 Å². The van der Waals surface area contributed by atoms with E-state index in [1.807, 2.05) is 32.8 Å². The highest BCUT2D eigenvalue weighted by Gasteiger charge is 2.32. The predicted molar refractivity (Wildman–Crippen MR) is 63.1 cm³/mol. The predicted octanol–water partition coefficient (Wildman–Crippen LogP) is -0.269. The van der Waals surface area contributed by atoms with Crippen molar-refractivity contribution in [2.75, 3.05) is 40.4 Å². The third-order valence-electron chi connectivity index (χ3n) is 2.77. The molecule has 1 aliphatic rings. The van der Waals surface area contributed by atoms with Crippen LogP contribution in [0.2, 0.25) is 0 Å². The lowest BCUT2D eigenvalue weighted by molar-refractivity contribution is -0.130. The van der Waals surface area contributed by atoms with Crippen molar-refractivity contribution in [2.24, 2.45) is 0 Å². The molecule has 1 saturated heterocycles. The second kappa shape index (κ2) is 6.18. The molecular formula is C11H23N3O2. The van der Waals surface area contributed by atoms with Gasteiger partial charge in [-0.05, 0) is 27.9 Å². The van der Waals surface area contributed by atoms with Crippen molar-refractivity contribution in [2.45, 2.75) is 26.1 Å². The van der Waals surface area contributed by atoms with E-state index in [0.29, 0.717) is 19.8 Å². The summed E-state index contributed by atoms with van der Waals surface area (Å²) in [7, 11) is 4.03. The number of nitrogens with one attached hydrogen (secondary N) is 1. The number of rotatable bonds is 6. The largest absolute Gasteiger partial charge is 0.378 e. The summed E-state index contributed by atoms with van der Waals surface area (Å²) in [4.78, 5) is 15.6. The molecule has 0 radical (unpaired) electrons. The molecule has 0 aromatic rings. The Hall–Kier alpha value is -0.650. The Morgan fingerprint density at radius 3 is 2.56 bits per heavy atom. The molecule has 94 valence electrons. The van der Waals surface area contributed by atoms with Gasteiger partial charge in [0.15, 0.2) is 0 Å². The normalized spacial score (nSPS) is 25.8. The molecule has 0 spiro atoms. The number of nitrogens with zero attached hydrogens (tertiary/aromatic N) is 2. The summed E-state index contributed by atoms with van der Waals surface area (Å²) in [6.07, 6.45) is 0.125. The van der Waals surface area contributed by atoms with Crippen molar-refractivity contribution in [1.29, 1.82) is 0 Å². The molecule has 0 aliphatic carbocycles. The first-order valence-corrected chi connectivity index (χ1v) is 5.81. The fourth-order valence-corrected chi connectivity index (χ4v) is 1.78. The lowest BCUT2D eigenvalue weighted by Crippen LogP contribution is -2.37. The van der Waals surface area contributed by atoms with Gasteiger partial charge in [0, 0.05) is 13.1 Å². The highest BCUT2D eigenvalue weighted by molar-refractivity contribution is 5.83. The van der Waals surface area contributed by atoms with Gasteiger partial charge in [0.25, 0.3) is 0 Å². The van der Waals surface area contributed by atoms with Crippen molar-refractivity contribution in [1.82, 2.24) is 15.1 Å². The smallest absolute Gasteiger partial charge is 0.240 e. The minimum absolute atomic E-state index is 0.0585. The van der Waals surface area contributed by atoms with Crippen LogP contribution < -0.4 is 5.32 Å². The van der Waals surface area contributed by atoms with Gasteiger partial charge in [0.05, 0.1) is 25.4 Å². The van der Waals surface area contributed by atoms with Crippen molar-refractivity contribution in [3.05, 3.63) is 0 Å². The molecule has 1 heterocycles. The summed E-state index contributed by atoms with van der Waals surface area (Å²) < 4.78 is 5.47. The fraction of sp³-hybridized carbons (Fsp3) is 0.909. The van der Waals surface area contributed by atoms with E-state index in [9.17, 15) is 4.79 Å². The third kappa shape index (κ3) is 3.73. The first-order valence-electron chi connectivity index (χ1n) is 5.81. The monoisotopic (exact) mass is 229 g/mol. The van der Waals surface area contributed by atoms with Gasteiger partial charge >= 0.3 is 0 Å². The molecule has 1 amide bonds. The van der Waals surface area contributed by atoms with E-state index in [-0.39, 0.29) is 18.1 Å². The van der Waals surface area contributed by atoms with Gasteiger partial charge in [-0.15, -0.1) is 0 Å². The average molecular weight is 229 g/mol. The Kier molecular flexibility index (Phi) is 5.18. The van der Waals surface area contributed by atoms with Gasteiger partial charge in [-0.3, -0.25) is 10.1 Å². The van der Waals surface area contributed by atoms with Crippen LogP contribution in [0, 0.1) is 0 Å². The number of ether oxygens (including phenoxy) is 1. The van der Waals surface area contributed by atoms with Gasteiger partial charge in [0.2, 0.25) is 5.91 Å². The Balaban J connectivity index is 2.15. The second-order valence-corrected chi connectivity index (χ2v) is 4.51. The summed E-state index contributed by atoms with van der Waals surface area (Å²) in [6.45, 7) is 6.81. The van der Waals surface area contributed by atoms with Crippen LogP contribution in [-0.4, -0.2) is 68.3 Å². The zero-order valence-corrected chi connectivity index (χ0v) is 10.7. The number of carbonyl (C=O) groups excluding carboxylic acids is 1. The van der Waals surface area contributed by atoms with Crippen LogP contribution in [0.15, 0.2) is 0 Å². The lowest BCUT2D eigenvalue weighted by Gasteiger charge is -2.20. The van der Waals surface area contributed by atoms with Crippen LogP contribution in [0.3, 0.4) is 0 Å². The zero-order chi connectivity index (χ0) is 12.1. The molecule has 5 nitrogen and oxygen atoms in total. The van der Waals surface area contributed by atoms with Crippen molar-refractivity contribution in [3.8, 4) is 0 Å². The number of hydrogen-bond donors (Lipinski definition) is 1. The molecule has 0 aromatic carbocycles. The minimum Gasteiger partial charge on any atom is -0.378 e. The van der Waals surface area contributed by atoms with Gasteiger partial charge in [-0.2, -0.15) is 0 Å².